The maximum atomic E-state index is 14.3. The van der Waals surface area contributed by atoms with Gasteiger partial charge in [-0.3, -0.25) is 4.79 Å². The van der Waals surface area contributed by atoms with E-state index >= 15 is 0 Å². The molecule has 0 bridgehead atoms. The molecule has 8 heteroatoms. The number of aromatic nitrogens is 2. The van der Waals surface area contributed by atoms with Gasteiger partial charge in [0.25, 0.3) is 0 Å². The van der Waals surface area contributed by atoms with E-state index in [1.54, 1.807) is 12.5 Å². The van der Waals surface area contributed by atoms with E-state index in [9.17, 15) is 13.6 Å². The zero-order valence-electron chi connectivity index (χ0n) is 20.4. The first-order valence-electron chi connectivity index (χ1n) is 12.3. The highest BCUT2D eigenvalue weighted by Crippen LogP contribution is 2.26. The summed E-state index contributed by atoms with van der Waals surface area (Å²) in [5.41, 5.74) is 3.24. The lowest BCUT2D eigenvalue weighted by molar-refractivity contribution is -0.118. The van der Waals surface area contributed by atoms with Crippen LogP contribution in [0.15, 0.2) is 48.9 Å². The number of anilines is 1. The number of benzene rings is 2. The molecule has 188 valence electrons. The summed E-state index contributed by atoms with van der Waals surface area (Å²) in [6.45, 7) is 3.10. The summed E-state index contributed by atoms with van der Waals surface area (Å²) in [6.07, 6.45) is 11.9. The maximum Gasteiger partial charge on any atom is 0.242 e. The van der Waals surface area contributed by atoms with Crippen molar-refractivity contribution >= 4 is 11.7 Å². The molecule has 4 rings (SSSR count). The monoisotopic (exact) mass is 491 g/mol. The van der Waals surface area contributed by atoms with Gasteiger partial charge in [-0.15, -0.1) is 6.42 Å². The third-order valence-electron chi connectivity index (χ3n) is 6.44. The van der Waals surface area contributed by atoms with Crippen molar-refractivity contribution in [2.75, 3.05) is 11.9 Å². The van der Waals surface area contributed by atoms with Crippen LogP contribution in [0.2, 0.25) is 0 Å². The van der Waals surface area contributed by atoms with Crippen LogP contribution >= 0.6 is 0 Å². The van der Waals surface area contributed by atoms with Gasteiger partial charge in [-0.25, -0.2) is 13.8 Å². The fraction of sp³-hybridized carbons (Fsp3) is 0.357. The predicted octanol–water partition coefficient (Wildman–Crippen LogP) is 4.13. The Morgan fingerprint density at radius 1 is 1.31 bits per heavy atom. The molecule has 1 amide bonds. The molecule has 3 N–H and O–H groups in total. The first kappa shape index (κ1) is 25.5. The summed E-state index contributed by atoms with van der Waals surface area (Å²) in [7, 11) is 0. The van der Waals surface area contributed by atoms with E-state index < -0.39 is 17.7 Å². The number of carbonyl (C=O) groups excluding carboxylic acids is 1. The minimum Gasteiger partial charge on any atom is -0.308 e. The Labute approximate surface area is 210 Å². The molecule has 1 aliphatic carbocycles. The number of nitrogens with one attached hydrogen (secondary N) is 3. The molecule has 1 unspecified atom stereocenters. The summed E-state index contributed by atoms with van der Waals surface area (Å²) in [5.74, 6) is 1.76. The third-order valence-corrected chi connectivity index (χ3v) is 6.44. The molecule has 3 aromatic rings. The minimum absolute atomic E-state index is 0.0697. The highest BCUT2D eigenvalue weighted by atomic mass is 19.1. The Hall–Kier alpha value is -3.54. The second kappa shape index (κ2) is 11.9. The number of rotatable bonds is 10. The van der Waals surface area contributed by atoms with Crippen LogP contribution in [0.1, 0.15) is 42.9 Å². The van der Waals surface area contributed by atoms with Crippen molar-refractivity contribution in [1.29, 1.82) is 0 Å². The van der Waals surface area contributed by atoms with Gasteiger partial charge < -0.3 is 20.5 Å². The molecule has 0 fully saturated rings. The molecule has 1 aromatic heterocycles. The number of amides is 1. The summed E-state index contributed by atoms with van der Waals surface area (Å²) < 4.78 is 29.7. The highest BCUT2D eigenvalue weighted by Gasteiger charge is 2.27. The van der Waals surface area contributed by atoms with Gasteiger partial charge >= 0.3 is 0 Å². The molecule has 1 aliphatic rings. The minimum atomic E-state index is -0.549. The normalized spacial score (nSPS) is 15.7. The van der Waals surface area contributed by atoms with Crippen LogP contribution in [0.4, 0.5) is 14.6 Å². The second-order valence-electron chi connectivity index (χ2n) is 9.06. The summed E-state index contributed by atoms with van der Waals surface area (Å²) in [5, 5.41) is 9.51. The molecule has 2 aromatic carbocycles. The third kappa shape index (κ3) is 6.17. The van der Waals surface area contributed by atoms with Crippen LogP contribution in [0.25, 0.3) is 5.69 Å². The number of hydrogen-bond donors (Lipinski definition) is 3. The molecule has 36 heavy (non-hydrogen) atoms. The van der Waals surface area contributed by atoms with Crippen molar-refractivity contribution < 1.29 is 13.6 Å². The van der Waals surface area contributed by atoms with E-state index in [1.807, 2.05) is 35.8 Å². The number of hydrogen-bond acceptors (Lipinski definition) is 4. The van der Waals surface area contributed by atoms with Gasteiger partial charge in [0.2, 0.25) is 5.91 Å². The fourth-order valence-corrected chi connectivity index (χ4v) is 4.71. The Bertz CT molecular complexity index is 1250. The largest absolute Gasteiger partial charge is 0.308 e. The Kier molecular flexibility index (Phi) is 8.47. The Morgan fingerprint density at radius 3 is 2.94 bits per heavy atom. The van der Waals surface area contributed by atoms with Crippen molar-refractivity contribution in [2.45, 2.75) is 57.7 Å². The van der Waals surface area contributed by atoms with Gasteiger partial charge in [0.1, 0.15) is 18.0 Å². The molecule has 1 heterocycles. The highest BCUT2D eigenvalue weighted by molar-refractivity contribution is 5.94. The molecule has 6 nitrogen and oxygen atoms in total. The van der Waals surface area contributed by atoms with E-state index in [0.29, 0.717) is 55.7 Å². The quantitative estimate of drug-likeness (QED) is 0.295. The number of aryl methyl sites for hydroxylation is 1. The van der Waals surface area contributed by atoms with Crippen LogP contribution in [0.3, 0.4) is 0 Å². The van der Waals surface area contributed by atoms with Crippen molar-refractivity contribution in [2.24, 2.45) is 0 Å². The SMILES string of the molecule is C#CCNCc1ccccc1-n1cnc(NC(=O)C(CCC)N[C@H]2CCc3cc(F)cc(F)c3C2)c1. The number of halogens is 2. The van der Waals surface area contributed by atoms with E-state index in [4.69, 9.17) is 6.42 Å². The van der Waals surface area contributed by atoms with Crippen LogP contribution in [0, 0.1) is 24.0 Å². The summed E-state index contributed by atoms with van der Waals surface area (Å²) in [4.78, 5) is 17.5. The molecular formula is C28H31F2N5O. The van der Waals surface area contributed by atoms with E-state index in [-0.39, 0.29) is 11.9 Å². The number of imidazole rings is 1. The average Bonchev–Trinajstić information content (AvgIpc) is 3.32. The number of terminal acetylenes is 1. The predicted molar refractivity (Wildman–Crippen MR) is 137 cm³/mol. The van der Waals surface area contributed by atoms with Gasteiger partial charge in [-0.2, -0.15) is 0 Å². The molecule has 0 spiro atoms. The molecular weight excluding hydrogens is 460 g/mol. The second-order valence-corrected chi connectivity index (χ2v) is 9.06. The van der Waals surface area contributed by atoms with Crippen molar-refractivity contribution in [3.8, 4) is 18.0 Å². The zero-order valence-corrected chi connectivity index (χ0v) is 20.4. The molecule has 2 atom stereocenters. The van der Waals surface area contributed by atoms with Gasteiger partial charge in [0, 0.05) is 18.7 Å². The lowest BCUT2D eigenvalue weighted by atomic mass is 9.87. The van der Waals surface area contributed by atoms with Gasteiger partial charge in [-0.05, 0) is 54.5 Å². The van der Waals surface area contributed by atoms with Crippen LogP contribution in [0.5, 0.6) is 0 Å². The topological polar surface area (TPSA) is 71.0 Å². The van der Waals surface area contributed by atoms with Gasteiger partial charge in [0.15, 0.2) is 5.82 Å². The van der Waals surface area contributed by atoms with Crippen molar-refractivity contribution in [3.05, 3.63) is 77.2 Å². The molecule has 0 saturated heterocycles. The number of fused-ring (bicyclic) bond motifs is 1. The molecule has 0 saturated carbocycles. The van der Waals surface area contributed by atoms with Gasteiger partial charge in [-0.1, -0.05) is 37.5 Å². The summed E-state index contributed by atoms with van der Waals surface area (Å²) >= 11 is 0. The van der Waals surface area contributed by atoms with Crippen LogP contribution < -0.4 is 16.0 Å². The van der Waals surface area contributed by atoms with Crippen LogP contribution in [-0.2, 0) is 24.2 Å². The first-order chi connectivity index (χ1) is 17.5. The lowest BCUT2D eigenvalue weighted by Gasteiger charge is -2.29. The van der Waals surface area contributed by atoms with E-state index in [1.165, 1.54) is 6.07 Å². The van der Waals surface area contributed by atoms with Crippen LogP contribution in [-0.4, -0.2) is 34.1 Å². The van der Waals surface area contributed by atoms with E-state index in [2.05, 4.69) is 26.9 Å². The fourth-order valence-electron chi connectivity index (χ4n) is 4.71. The Balaban J connectivity index is 1.42. The van der Waals surface area contributed by atoms with Crippen molar-refractivity contribution in [3.63, 3.8) is 0 Å². The number of carbonyl (C=O) groups is 1. The number of para-hydroxylation sites is 1. The number of nitrogens with zero attached hydrogens (tertiary/aromatic N) is 2. The van der Waals surface area contributed by atoms with Gasteiger partial charge in [0.05, 0.1) is 24.5 Å². The maximum absolute atomic E-state index is 14.3. The first-order valence-corrected chi connectivity index (χ1v) is 12.3. The standard InChI is InChI=1S/C28H31F2N5O/c1-3-7-25(33-22-11-10-19-13-21(29)14-24(30)23(19)15-22)28(36)34-27-17-35(18-32-27)26-9-6-5-8-20(26)16-31-12-4-2/h2,5-6,8-9,13-14,17-18,22,25,31,33H,3,7,10-12,15-16H2,1H3,(H,34,36)/t22-,25?/m0/s1. The zero-order chi connectivity index (χ0) is 25.5. The molecule has 0 aliphatic heterocycles. The lowest BCUT2D eigenvalue weighted by Crippen LogP contribution is -2.48. The molecule has 0 radical (unpaired) electrons. The average molecular weight is 492 g/mol. The Morgan fingerprint density at radius 2 is 2.14 bits per heavy atom. The van der Waals surface area contributed by atoms with E-state index in [0.717, 1.165) is 23.7 Å². The summed E-state index contributed by atoms with van der Waals surface area (Å²) in [6, 6.07) is 9.71. The smallest absolute Gasteiger partial charge is 0.242 e. The van der Waals surface area contributed by atoms with Crippen molar-refractivity contribution in [1.82, 2.24) is 20.2 Å².